The van der Waals surface area contributed by atoms with E-state index in [9.17, 15) is 9.59 Å². The molecule has 0 saturated carbocycles. The summed E-state index contributed by atoms with van der Waals surface area (Å²) in [5, 5.41) is 5.65. The van der Waals surface area contributed by atoms with E-state index >= 15 is 0 Å². The fraction of sp³-hybridized carbons (Fsp3) is 0.333. The monoisotopic (exact) mass is 385 g/mol. The Hall–Kier alpha value is -3.06. The molecule has 0 heterocycles. The Morgan fingerprint density at radius 2 is 1.54 bits per heavy atom. The first-order valence-electron chi connectivity index (χ1n) is 9.23. The molecule has 2 N–H and O–H groups in total. The Morgan fingerprint density at radius 3 is 2.11 bits per heavy atom. The molecule has 2 amide bonds. The minimum Gasteiger partial charge on any atom is -0.497 e. The maximum atomic E-state index is 12.3. The molecule has 2 aromatic carbocycles. The van der Waals surface area contributed by atoms with Crippen LogP contribution in [0.2, 0.25) is 0 Å². The van der Waals surface area contributed by atoms with Crippen LogP contribution in [-0.2, 0) is 9.59 Å². The normalized spacial score (nSPS) is 10.4. The van der Waals surface area contributed by atoms with Crippen LogP contribution in [0.15, 0.2) is 48.5 Å². The number of methoxy groups -OCH3 is 1. The zero-order chi connectivity index (χ0) is 20.4. The number of carbonyl (C=O) groups is 2. The van der Waals surface area contributed by atoms with Gasteiger partial charge in [-0.1, -0.05) is 13.0 Å². The Morgan fingerprint density at radius 1 is 0.893 bits per heavy atom. The van der Waals surface area contributed by atoms with E-state index in [0.29, 0.717) is 30.3 Å². The van der Waals surface area contributed by atoms with Crippen molar-refractivity contribution in [2.24, 2.45) is 0 Å². The number of hydrogen-bond donors (Lipinski definition) is 2. The molecular formula is C21H27N3O4. The largest absolute Gasteiger partial charge is 0.497 e. The Bertz CT molecular complexity index is 777. The molecule has 0 unspecified atom stereocenters. The lowest BCUT2D eigenvalue weighted by Crippen LogP contribution is -2.38. The number of nitrogens with zero attached hydrogens (tertiary/aromatic N) is 1. The van der Waals surface area contributed by atoms with Gasteiger partial charge in [0.25, 0.3) is 0 Å². The maximum Gasteiger partial charge on any atom is 0.238 e. The van der Waals surface area contributed by atoms with Crippen molar-refractivity contribution in [3.8, 4) is 11.5 Å². The van der Waals surface area contributed by atoms with Gasteiger partial charge >= 0.3 is 0 Å². The average Bonchev–Trinajstić information content (AvgIpc) is 2.69. The second-order valence-electron chi connectivity index (χ2n) is 6.09. The standard InChI is InChI=1S/C21H27N3O4/c1-4-24(15-21(26)23-17-7-6-8-19(13-17)27-3)14-20(25)22-16-9-11-18(12-10-16)28-5-2/h6-13H,4-5,14-15H2,1-3H3,(H,22,25)(H,23,26). The molecule has 7 heteroatoms. The summed E-state index contributed by atoms with van der Waals surface area (Å²) in [6.45, 7) is 5.22. The molecule has 0 fully saturated rings. The average molecular weight is 385 g/mol. The summed E-state index contributed by atoms with van der Waals surface area (Å²) in [7, 11) is 1.57. The van der Waals surface area contributed by atoms with Gasteiger partial charge in [0.2, 0.25) is 11.8 Å². The molecule has 0 aliphatic carbocycles. The zero-order valence-corrected chi connectivity index (χ0v) is 16.5. The lowest BCUT2D eigenvalue weighted by Gasteiger charge is -2.19. The van der Waals surface area contributed by atoms with Crippen LogP contribution < -0.4 is 20.1 Å². The number of hydrogen-bond acceptors (Lipinski definition) is 5. The number of nitrogens with one attached hydrogen (secondary N) is 2. The van der Waals surface area contributed by atoms with Gasteiger partial charge in [-0.05, 0) is 49.9 Å². The van der Waals surface area contributed by atoms with Gasteiger partial charge in [-0.3, -0.25) is 14.5 Å². The molecule has 0 spiro atoms. The molecule has 0 atom stereocenters. The Labute approximate surface area is 165 Å². The highest BCUT2D eigenvalue weighted by Gasteiger charge is 2.14. The van der Waals surface area contributed by atoms with E-state index in [1.807, 2.05) is 13.8 Å². The Kier molecular flexibility index (Phi) is 8.30. The Balaban J connectivity index is 1.84. The minimum absolute atomic E-state index is 0.115. The highest BCUT2D eigenvalue weighted by Crippen LogP contribution is 2.17. The molecule has 0 bridgehead atoms. The van der Waals surface area contributed by atoms with Crippen LogP contribution in [-0.4, -0.2) is 50.1 Å². The zero-order valence-electron chi connectivity index (χ0n) is 16.5. The van der Waals surface area contributed by atoms with Gasteiger partial charge in [0.05, 0.1) is 26.8 Å². The lowest BCUT2D eigenvalue weighted by molar-refractivity contribution is -0.119. The van der Waals surface area contributed by atoms with Crippen LogP contribution in [0.4, 0.5) is 11.4 Å². The predicted octanol–water partition coefficient (Wildman–Crippen LogP) is 2.99. The first kappa shape index (κ1) is 21.2. The van der Waals surface area contributed by atoms with Gasteiger partial charge in [0.1, 0.15) is 11.5 Å². The third-order valence-electron chi connectivity index (χ3n) is 3.98. The topological polar surface area (TPSA) is 79.9 Å². The van der Waals surface area contributed by atoms with E-state index in [1.165, 1.54) is 0 Å². The molecule has 0 aliphatic heterocycles. The van der Waals surface area contributed by atoms with Crippen molar-refractivity contribution < 1.29 is 19.1 Å². The van der Waals surface area contributed by atoms with E-state index in [2.05, 4.69) is 10.6 Å². The number of anilines is 2. The number of amides is 2. The number of carbonyl (C=O) groups excluding carboxylic acids is 2. The van der Waals surface area contributed by atoms with Crippen molar-refractivity contribution in [1.82, 2.24) is 4.90 Å². The highest BCUT2D eigenvalue weighted by atomic mass is 16.5. The number of rotatable bonds is 10. The SMILES string of the molecule is CCOc1ccc(NC(=O)CN(CC)CC(=O)Nc2cccc(OC)c2)cc1. The molecule has 0 aliphatic rings. The first-order valence-corrected chi connectivity index (χ1v) is 9.23. The van der Waals surface area contributed by atoms with Crippen LogP contribution in [0, 0.1) is 0 Å². The van der Waals surface area contributed by atoms with Crippen LogP contribution in [0.5, 0.6) is 11.5 Å². The summed E-state index contributed by atoms with van der Waals surface area (Å²) in [5.41, 5.74) is 1.34. The summed E-state index contributed by atoms with van der Waals surface area (Å²) < 4.78 is 10.5. The highest BCUT2D eigenvalue weighted by molar-refractivity contribution is 5.94. The molecule has 0 aromatic heterocycles. The van der Waals surface area contributed by atoms with Crippen LogP contribution >= 0.6 is 0 Å². The molecule has 150 valence electrons. The third-order valence-corrected chi connectivity index (χ3v) is 3.98. The van der Waals surface area contributed by atoms with E-state index in [0.717, 1.165) is 5.75 Å². The number of benzene rings is 2. The predicted molar refractivity (Wildman–Crippen MR) is 110 cm³/mol. The summed E-state index contributed by atoms with van der Waals surface area (Å²) in [6.07, 6.45) is 0. The molecule has 2 aromatic rings. The van der Waals surface area contributed by atoms with Crippen molar-refractivity contribution >= 4 is 23.2 Å². The van der Waals surface area contributed by atoms with Crippen LogP contribution in [0.1, 0.15) is 13.8 Å². The van der Waals surface area contributed by atoms with E-state index < -0.39 is 0 Å². The summed E-state index contributed by atoms with van der Waals surface area (Å²) >= 11 is 0. The molecule has 7 nitrogen and oxygen atoms in total. The van der Waals surface area contributed by atoms with Crippen LogP contribution in [0.25, 0.3) is 0 Å². The summed E-state index contributed by atoms with van der Waals surface area (Å²) in [6, 6.07) is 14.3. The van der Waals surface area contributed by atoms with Gasteiger partial charge in [-0.2, -0.15) is 0 Å². The first-order chi connectivity index (χ1) is 13.5. The third kappa shape index (κ3) is 6.92. The van der Waals surface area contributed by atoms with Gasteiger partial charge in [0, 0.05) is 17.4 Å². The number of likely N-dealkylation sites (N-methyl/N-ethyl adjacent to an activating group) is 1. The smallest absolute Gasteiger partial charge is 0.238 e. The van der Waals surface area contributed by atoms with Crippen molar-refractivity contribution in [1.29, 1.82) is 0 Å². The molecule has 28 heavy (non-hydrogen) atoms. The van der Waals surface area contributed by atoms with Crippen molar-refractivity contribution in [2.75, 3.05) is 44.0 Å². The quantitative estimate of drug-likeness (QED) is 0.657. The van der Waals surface area contributed by atoms with E-state index in [-0.39, 0.29) is 24.9 Å². The van der Waals surface area contributed by atoms with Crippen molar-refractivity contribution in [3.05, 3.63) is 48.5 Å². The summed E-state index contributed by atoms with van der Waals surface area (Å²) in [5.74, 6) is 1.05. The van der Waals surface area contributed by atoms with Crippen molar-refractivity contribution in [3.63, 3.8) is 0 Å². The minimum atomic E-state index is -0.191. The van der Waals surface area contributed by atoms with E-state index in [1.54, 1.807) is 60.5 Å². The van der Waals surface area contributed by atoms with Gasteiger partial charge in [0.15, 0.2) is 0 Å². The molecular weight excluding hydrogens is 358 g/mol. The maximum absolute atomic E-state index is 12.3. The second-order valence-corrected chi connectivity index (χ2v) is 6.09. The second kappa shape index (κ2) is 10.9. The van der Waals surface area contributed by atoms with Gasteiger partial charge < -0.3 is 20.1 Å². The fourth-order valence-corrected chi connectivity index (χ4v) is 2.59. The van der Waals surface area contributed by atoms with Gasteiger partial charge in [-0.15, -0.1) is 0 Å². The number of ether oxygens (including phenoxy) is 2. The van der Waals surface area contributed by atoms with E-state index in [4.69, 9.17) is 9.47 Å². The van der Waals surface area contributed by atoms with Gasteiger partial charge in [-0.25, -0.2) is 0 Å². The molecule has 2 rings (SSSR count). The van der Waals surface area contributed by atoms with Crippen LogP contribution in [0.3, 0.4) is 0 Å². The molecule has 0 radical (unpaired) electrons. The lowest BCUT2D eigenvalue weighted by atomic mass is 10.3. The molecule has 0 saturated heterocycles. The fourth-order valence-electron chi connectivity index (χ4n) is 2.59. The van der Waals surface area contributed by atoms with Crippen molar-refractivity contribution in [2.45, 2.75) is 13.8 Å². The summed E-state index contributed by atoms with van der Waals surface area (Å²) in [4.78, 5) is 26.3.